The lowest BCUT2D eigenvalue weighted by Gasteiger charge is -2.18. The smallest absolute Gasteiger partial charge is 0.251 e. The van der Waals surface area contributed by atoms with Crippen LogP contribution < -0.4 is 10.6 Å². The summed E-state index contributed by atoms with van der Waals surface area (Å²) in [4.78, 5) is 11.7. The first-order valence-electron chi connectivity index (χ1n) is 6.76. The van der Waals surface area contributed by atoms with E-state index in [0.29, 0.717) is 5.56 Å². The second-order valence-electron chi connectivity index (χ2n) is 4.89. The van der Waals surface area contributed by atoms with Crippen molar-refractivity contribution in [2.24, 2.45) is 0 Å². The molecule has 0 radical (unpaired) electrons. The second kappa shape index (κ2) is 6.24. The first-order chi connectivity index (χ1) is 9.61. The Morgan fingerprint density at radius 1 is 1.10 bits per heavy atom. The first kappa shape index (κ1) is 14.1. The minimum Gasteiger partial charge on any atom is -0.378 e. The first-order valence-corrected chi connectivity index (χ1v) is 6.76. The molecule has 2 rings (SSSR count). The van der Waals surface area contributed by atoms with Crippen LogP contribution in [-0.2, 0) is 0 Å². The zero-order valence-corrected chi connectivity index (χ0v) is 12.1. The summed E-state index contributed by atoms with van der Waals surface area (Å²) in [6.07, 6.45) is 0. The minimum atomic E-state index is -0.0691. The number of benzene rings is 2. The fourth-order valence-electron chi connectivity index (χ4n) is 2.12. The molecule has 0 spiro atoms. The van der Waals surface area contributed by atoms with Gasteiger partial charge in [-0.1, -0.05) is 36.4 Å². The molecule has 1 atom stereocenters. The van der Waals surface area contributed by atoms with Crippen molar-refractivity contribution in [1.82, 2.24) is 5.32 Å². The molecule has 2 aromatic rings. The average molecular weight is 268 g/mol. The van der Waals surface area contributed by atoms with Crippen molar-refractivity contribution in [3.63, 3.8) is 0 Å². The molecule has 1 unspecified atom stereocenters. The SMILES string of the molecule is CNC(=O)c1ccc(C)c(NC(C)c2ccccc2)c1. The van der Waals surface area contributed by atoms with E-state index >= 15 is 0 Å². The van der Waals surface area contributed by atoms with E-state index in [9.17, 15) is 4.79 Å². The van der Waals surface area contributed by atoms with E-state index in [2.05, 4.69) is 29.7 Å². The van der Waals surface area contributed by atoms with Gasteiger partial charge in [-0.05, 0) is 37.1 Å². The van der Waals surface area contributed by atoms with E-state index in [0.717, 1.165) is 11.3 Å². The van der Waals surface area contributed by atoms with Gasteiger partial charge < -0.3 is 10.6 Å². The van der Waals surface area contributed by atoms with Crippen molar-refractivity contribution in [3.05, 3.63) is 65.2 Å². The topological polar surface area (TPSA) is 41.1 Å². The van der Waals surface area contributed by atoms with Gasteiger partial charge >= 0.3 is 0 Å². The number of hydrogen-bond donors (Lipinski definition) is 2. The maximum atomic E-state index is 11.7. The third kappa shape index (κ3) is 3.18. The molecule has 0 heterocycles. The molecule has 104 valence electrons. The van der Waals surface area contributed by atoms with Crippen LogP contribution in [0, 0.1) is 6.92 Å². The molecular weight excluding hydrogens is 248 g/mol. The summed E-state index contributed by atoms with van der Waals surface area (Å²) < 4.78 is 0. The van der Waals surface area contributed by atoms with Crippen molar-refractivity contribution in [1.29, 1.82) is 0 Å². The highest BCUT2D eigenvalue weighted by Crippen LogP contribution is 2.23. The van der Waals surface area contributed by atoms with Gasteiger partial charge in [0, 0.05) is 24.3 Å². The number of amides is 1. The molecule has 3 heteroatoms. The summed E-state index contributed by atoms with van der Waals surface area (Å²) in [5, 5.41) is 6.11. The molecule has 0 aliphatic carbocycles. The third-order valence-electron chi connectivity index (χ3n) is 3.40. The molecule has 0 aromatic heterocycles. The second-order valence-corrected chi connectivity index (χ2v) is 4.89. The molecule has 0 aliphatic rings. The number of hydrogen-bond acceptors (Lipinski definition) is 2. The summed E-state index contributed by atoms with van der Waals surface area (Å²) in [6, 6.07) is 16.1. The molecular formula is C17H20N2O. The van der Waals surface area contributed by atoms with E-state index in [-0.39, 0.29) is 11.9 Å². The molecule has 3 nitrogen and oxygen atoms in total. The van der Waals surface area contributed by atoms with E-state index in [1.54, 1.807) is 7.05 Å². The van der Waals surface area contributed by atoms with Crippen molar-refractivity contribution in [2.75, 3.05) is 12.4 Å². The molecule has 1 amide bonds. The molecule has 2 N–H and O–H groups in total. The Balaban J connectivity index is 2.22. The number of carbonyl (C=O) groups excluding carboxylic acids is 1. The van der Waals surface area contributed by atoms with Gasteiger partial charge in [-0.15, -0.1) is 0 Å². The lowest BCUT2D eigenvalue weighted by molar-refractivity contribution is 0.0963. The van der Waals surface area contributed by atoms with Crippen LogP contribution in [0.5, 0.6) is 0 Å². The summed E-state index contributed by atoms with van der Waals surface area (Å²) in [6.45, 7) is 4.15. The maximum Gasteiger partial charge on any atom is 0.251 e. The lowest BCUT2D eigenvalue weighted by Crippen LogP contribution is -2.18. The predicted molar refractivity (Wildman–Crippen MR) is 83.0 cm³/mol. The summed E-state index contributed by atoms with van der Waals surface area (Å²) in [5.41, 5.74) is 4.00. The van der Waals surface area contributed by atoms with Crippen LogP contribution in [0.1, 0.15) is 34.5 Å². The maximum absolute atomic E-state index is 11.7. The molecule has 0 bridgehead atoms. The predicted octanol–water partition coefficient (Wildman–Crippen LogP) is 3.53. The van der Waals surface area contributed by atoms with E-state index in [4.69, 9.17) is 0 Å². The zero-order chi connectivity index (χ0) is 14.5. The van der Waals surface area contributed by atoms with Crippen molar-refractivity contribution >= 4 is 11.6 Å². The highest BCUT2D eigenvalue weighted by Gasteiger charge is 2.09. The van der Waals surface area contributed by atoms with Crippen LogP contribution in [-0.4, -0.2) is 13.0 Å². The van der Waals surface area contributed by atoms with E-state index in [1.807, 2.05) is 43.3 Å². The van der Waals surface area contributed by atoms with Crippen LogP contribution in [0.4, 0.5) is 5.69 Å². The van der Waals surface area contributed by atoms with Gasteiger partial charge in [-0.3, -0.25) is 4.79 Å². The van der Waals surface area contributed by atoms with Gasteiger partial charge in [0.1, 0.15) is 0 Å². The lowest BCUT2D eigenvalue weighted by atomic mass is 10.1. The minimum absolute atomic E-state index is 0.0691. The van der Waals surface area contributed by atoms with E-state index < -0.39 is 0 Å². The van der Waals surface area contributed by atoms with Crippen LogP contribution in [0.2, 0.25) is 0 Å². The fraction of sp³-hybridized carbons (Fsp3) is 0.235. The molecule has 0 saturated heterocycles. The van der Waals surface area contributed by atoms with Crippen molar-refractivity contribution in [2.45, 2.75) is 19.9 Å². The highest BCUT2D eigenvalue weighted by atomic mass is 16.1. The van der Waals surface area contributed by atoms with Gasteiger partial charge in [0.05, 0.1) is 0 Å². The molecule has 0 saturated carbocycles. The molecule has 2 aromatic carbocycles. The van der Waals surface area contributed by atoms with Gasteiger partial charge in [-0.2, -0.15) is 0 Å². The van der Waals surface area contributed by atoms with Crippen LogP contribution >= 0.6 is 0 Å². The normalized spacial score (nSPS) is 11.8. The Kier molecular flexibility index (Phi) is 4.41. The summed E-state index contributed by atoms with van der Waals surface area (Å²) in [7, 11) is 1.64. The van der Waals surface area contributed by atoms with E-state index in [1.165, 1.54) is 5.56 Å². The van der Waals surface area contributed by atoms with Gasteiger partial charge in [0.15, 0.2) is 0 Å². The average Bonchev–Trinajstić information content (AvgIpc) is 2.49. The van der Waals surface area contributed by atoms with Crippen LogP contribution in [0.15, 0.2) is 48.5 Å². The number of carbonyl (C=O) groups is 1. The van der Waals surface area contributed by atoms with Gasteiger partial charge in [-0.25, -0.2) is 0 Å². The number of nitrogens with one attached hydrogen (secondary N) is 2. The summed E-state index contributed by atoms with van der Waals surface area (Å²) >= 11 is 0. The number of aryl methyl sites for hydroxylation is 1. The van der Waals surface area contributed by atoms with Crippen molar-refractivity contribution < 1.29 is 4.79 Å². The Hall–Kier alpha value is -2.29. The quantitative estimate of drug-likeness (QED) is 0.890. The highest BCUT2D eigenvalue weighted by molar-refractivity contribution is 5.95. The Morgan fingerprint density at radius 3 is 2.45 bits per heavy atom. The Labute approximate surface area is 120 Å². The molecule has 20 heavy (non-hydrogen) atoms. The van der Waals surface area contributed by atoms with Gasteiger partial charge in [0.2, 0.25) is 0 Å². The standard InChI is InChI=1S/C17H20N2O/c1-12-9-10-15(17(20)18-3)11-16(12)19-13(2)14-7-5-4-6-8-14/h4-11,13,19H,1-3H3,(H,18,20). The monoisotopic (exact) mass is 268 g/mol. The fourth-order valence-corrected chi connectivity index (χ4v) is 2.12. The molecule has 0 fully saturated rings. The number of anilines is 1. The number of rotatable bonds is 4. The third-order valence-corrected chi connectivity index (χ3v) is 3.40. The largest absolute Gasteiger partial charge is 0.378 e. The zero-order valence-electron chi connectivity index (χ0n) is 12.1. The Bertz CT molecular complexity index is 593. The van der Waals surface area contributed by atoms with Crippen LogP contribution in [0.3, 0.4) is 0 Å². The van der Waals surface area contributed by atoms with Crippen molar-refractivity contribution in [3.8, 4) is 0 Å². The molecule has 0 aliphatic heterocycles. The Morgan fingerprint density at radius 2 is 1.80 bits per heavy atom. The van der Waals surface area contributed by atoms with Crippen LogP contribution in [0.25, 0.3) is 0 Å². The summed E-state index contributed by atoms with van der Waals surface area (Å²) in [5.74, 6) is -0.0691. The van der Waals surface area contributed by atoms with Gasteiger partial charge in [0.25, 0.3) is 5.91 Å².